The van der Waals surface area contributed by atoms with Crippen molar-refractivity contribution in [2.75, 3.05) is 6.61 Å². The summed E-state index contributed by atoms with van der Waals surface area (Å²) >= 11 is 3.28. The van der Waals surface area contributed by atoms with Crippen molar-refractivity contribution in [3.05, 3.63) is 28.2 Å². The van der Waals surface area contributed by atoms with E-state index in [0.717, 1.165) is 10.0 Å². The average Bonchev–Trinajstić information content (AvgIpc) is 2.16. The Kier molecular flexibility index (Phi) is 4.65. The van der Waals surface area contributed by atoms with Gasteiger partial charge in [0.25, 0.3) is 0 Å². The lowest BCUT2D eigenvalue weighted by atomic mass is 10.2. The first kappa shape index (κ1) is 13.4. The molecule has 16 heavy (non-hydrogen) atoms. The molecule has 0 unspecified atom stereocenters. The predicted molar refractivity (Wildman–Crippen MR) is 59.7 cm³/mol. The fourth-order valence-electron chi connectivity index (χ4n) is 1.18. The molecule has 0 aromatic heterocycles. The summed E-state index contributed by atoms with van der Waals surface area (Å²) in [6.45, 7) is 1.93. The third-order valence-electron chi connectivity index (χ3n) is 2.01. The van der Waals surface area contributed by atoms with Crippen LogP contribution in [0, 0.1) is 6.92 Å². The summed E-state index contributed by atoms with van der Waals surface area (Å²) in [5.41, 5.74) is 0.912. The molecule has 0 heterocycles. The van der Waals surface area contributed by atoms with E-state index in [4.69, 9.17) is 4.74 Å². The van der Waals surface area contributed by atoms with Crippen LogP contribution in [0.1, 0.15) is 18.4 Å². The summed E-state index contributed by atoms with van der Waals surface area (Å²) in [6.07, 6.45) is -4.93. The fraction of sp³-hybridized carbons (Fsp3) is 0.455. The lowest BCUT2D eigenvalue weighted by molar-refractivity contribution is -0.136. The molecule has 1 nitrogen and oxygen atoms in total. The molecule has 5 heteroatoms. The highest BCUT2D eigenvalue weighted by atomic mass is 79.9. The lowest BCUT2D eigenvalue weighted by Crippen LogP contribution is -2.10. The molecule has 0 aliphatic rings. The van der Waals surface area contributed by atoms with Crippen LogP contribution in [-0.4, -0.2) is 12.8 Å². The van der Waals surface area contributed by atoms with Gasteiger partial charge >= 0.3 is 6.18 Å². The molecule has 1 aromatic carbocycles. The van der Waals surface area contributed by atoms with E-state index in [9.17, 15) is 13.2 Å². The van der Waals surface area contributed by atoms with Gasteiger partial charge in [-0.15, -0.1) is 0 Å². The summed E-state index contributed by atoms with van der Waals surface area (Å²) < 4.78 is 41.7. The highest BCUT2D eigenvalue weighted by Crippen LogP contribution is 2.24. The molecule has 0 spiro atoms. The maximum Gasteiger partial charge on any atom is 0.389 e. The highest BCUT2D eigenvalue weighted by Gasteiger charge is 2.26. The van der Waals surface area contributed by atoms with Gasteiger partial charge in [0, 0.05) is 10.9 Å². The monoisotopic (exact) mass is 296 g/mol. The number of aryl methyl sites for hydroxylation is 1. The Morgan fingerprint density at radius 2 is 2.00 bits per heavy atom. The van der Waals surface area contributed by atoms with Gasteiger partial charge in [-0.25, -0.2) is 0 Å². The first-order valence-electron chi connectivity index (χ1n) is 4.84. The first-order chi connectivity index (χ1) is 7.38. The SMILES string of the molecule is Cc1ccc(Br)cc1OCCCC(F)(F)F. The molecule has 90 valence electrons. The van der Waals surface area contributed by atoms with Gasteiger partial charge in [-0.3, -0.25) is 0 Å². The number of ether oxygens (including phenoxy) is 1. The number of rotatable bonds is 4. The zero-order valence-corrected chi connectivity index (χ0v) is 10.4. The largest absolute Gasteiger partial charge is 0.493 e. The van der Waals surface area contributed by atoms with Gasteiger partial charge in [-0.2, -0.15) is 13.2 Å². The third-order valence-corrected chi connectivity index (χ3v) is 2.51. The van der Waals surface area contributed by atoms with Crippen LogP contribution >= 0.6 is 15.9 Å². The second kappa shape index (κ2) is 5.57. The van der Waals surface area contributed by atoms with Gasteiger partial charge in [0.2, 0.25) is 0 Å². The Labute approximate surface area is 101 Å². The molecular weight excluding hydrogens is 285 g/mol. The van der Waals surface area contributed by atoms with Gasteiger partial charge in [-0.1, -0.05) is 22.0 Å². The number of alkyl halides is 3. The summed E-state index contributed by atoms with van der Waals surface area (Å²) in [4.78, 5) is 0. The molecule has 0 aliphatic heterocycles. The van der Waals surface area contributed by atoms with Crippen molar-refractivity contribution < 1.29 is 17.9 Å². The van der Waals surface area contributed by atoms with Crippen LogP contribution in [0.4, 0.5) is 13.2 Å². The molecule has 0 fully saturated rings. The van der Waals surface area contributed by atoms with Crippen LogP contribution in [0.5, 0.6) is 5.75 Å². The van der Waals surface area contributed by atoms with Crippen molar-refractivity contribution >= 4 is 15.9 Å². The van der Waals surface area contributed by atoms with Crippen LogP contribution in [0.2, 0.25) is 0 Å². The van der Waals surface area contributed by atoms with E-state index < -0.39 is 12.6 Å². The van der Waals surface area contributed by atoms with E-state index in [1.54, 1.807) is 6.07 Å². The number of benzene rings is 1. The van der Waals surface area contributed by atoms with Gasteiger partial charge in [0.05, 0.1) is 6.61 Å². The molecule has 0 atom stereocenters. The van der Waals surface area contributed by atoms with Crippen molar-refractivity contribution in [2.24, 2.45) is 0 Å². The predicted octanol–water partition coefficient (Wildman–Crippen LogP) is 4.48. The molecule has 0 bridgehead atoms. The molecule has 0 saturated heterocycles. The third kappa shape index (κ3) is 4.88. The van der Waals surface area contributed by atoms with Crippen molar-refractivity contribution in [1.82, 2.24) is 0 Å². The van der Waals surface area contributed by atoms with E-state index >= 15 is 0 Å². The summed E-state index contributed by atoms with van der Waals surface area (Å²) in [5.74, 6) is 0.622. The Hall–Kier alpha value is -0.710. The second-order valence-electron chi connectivity index (χ2n) is 3.48. The van der Waals surface area contributed by atoms with Crippen LogP contribution < -0.4 is 4.74 Å². The summed E-state index contributed by atoms with van der Waals surface area (Å²) in [7, 11) is 0. The zero-order chi connectivity index (χ0) is 12.2. The molecular formula is C11H12BrF3O. The maximum atomic E-state index is 11.9. The molecule has 0 radical (unpaired) electrons. The van der Waals surface area contributed by atoms with E-state index in [0.29, 0.717) is 5.75 Å². The summed E-state index contributed by atoms with van der Waals surface area (Å²) in [5, 5.41) is 0. The maximum absolute atomic E-state index is 11.9. The Morgan fingerprint density at radius 3 is 2.62 bits per heavy atom. The van der Waals surface area contributed by atoms with Crippen LogP contribution in [0.3, 0.4) is 0 Å². The van der Waals surface area contributed by atoms with E-state index in [1.807, 2.05) is 19.1 Å². The standard InChI is InChI=1S/C11H12BrF3O/c1-8-3-4-9(12)7-10(8)16-6-2-5-11(13,14)15/h3-4,7H,2,5-6H2,1H3. The highest BCUT2D eigenvalue weighted by molar-refractivity contribution is 9.10. The lowest BCUT2D eigenvalue weighted by Gasteiger charge is -2.10. The second-order valence-corrected chi connectivity index (χ2v) is 4.39. The number of halogens is 4. The Balaban J connectivity index is 2.40. The van der Waals surface area contributed by atoms with E-state index in [-0.39, 0.29) is 13.0 Å². The van der Waals surface area contributed by atoms with Gasteiger partial charge < -0.3 is 4.74 Å². The smallest absolute Gasteiger partial charge is 0.389 e. The molecule has 0 amide bonds. The molecule has 1 rings (SSSR count). The minimum Gasteiger partial charge on any atom is -0.493 e. The number of hydrogen-bond acceptors (Lipinski definition) is 1. The molecule has 1 aromatic rings. The van der Waals surface area contributed by atoms with Crippen LogP contribution in [0.25, 0.3) is 0 Å². The average molecular weight is 297 g/mol. The molecule has 0 aliphatic carbocycles. The quantitative estimate of drug-likeness (QED) is 0.745. The van der Waals surface area contributed by atoms with Crippen molar-refractivity contribution in [1.29, 1.82) is 0 Å². The van der Waals surface area contributed by atoms with E-state index in [1.165, 1.54) is 0 Å². The Morgan fingerprint density at radius 1 is 1.31 bits per heavy atom. The molecule has 0 N–H and O–H groups in total. The van der Waals surface area contributed by atoms with E-state index in [2.05, 4.69) is 15.9 Å². The fourth-order valence-corrected chi connectivity index (χ4v) is 1.52. The van der Waals surface area contributed by atoms with Gasteiger partial charge in [0.15, 0.2) is 0 Å². The van der Waals surface area contributed by atoms with Gasteiger partial charge in [-0.05, 0) is 31.0 Å². The van der Waals surface area contributed by atoms with Crippen molar-refractivity contribution in [3.8, 4) is 5.75 Å². The van der Waals surface area contributed by atoms with Crippen molar-refractivity contribution in [3.63, 3.8) is 0 Å². The minimum atomic E-state index is -4.10. The minimum absolute atomic E-state index is 0.0184. The molecule has 0 saturated carbocycles. The van der Waals surface area contributed by atoms with Crippen molar-refractivity contribution in [2.45, 2.75) is 25.9 Å². The zero-order valence-electron chi connectivity index (χ0n) is 8.77. The Bertz CT molecular complexity index is 350. The summed E-state index contributed by atoms with van der Waals surface area (Å²) in [6, 6.07) is 5.46. The van der Waals surface area contributed by atoms with Crippen LogP contribution in [-0.2, 0) is 0 Å². The number of hydrogen-bond donors (Lipinski definition) is 0. The van der Waals surface area contributed by atoms with Crippen LogP contribution in [0.15, 0.2) is 22.7 Å². The van der Waals surface area contributed by atoms with Gasteiger partial charge in [0.1, 0.15) is 5.75 Å². The first-order valence-corrected chi connectivity index (χ1v) is 5.63. The normalized spacial score (nSPS) is 11.6. The topological polar surface area (TPSA) is 9.23 Å².